The van der Waals surface area contributed by atoms with E-state index in [4.69, 9.17) is 9.47 Å². The van der Waals surface area contributed by atoms with Gasteiger partial charge in [-0.25, -0.2) is 0 Å². The van der Waals surface area contributed by atoms with Gasteiger partial charge in [0.1, 0.15) is 0 Å². The van der Waals surface area contributed by atoms with Gasteiger partial charge in [0, 0.05) is 69.9 Å². The second-order valence-corrected chi connectivity index (χ2v) is 8.91. The summed E-state index contributed by atoms with van der Waals surface area (Å²) >= 11 is 0. The number of morpholine rings is 1. The first-order valence-corrected chi connectivity index (χ1v) is 10.6. The average Bonchev–Trinajstić information content (AvgIpc) is 3.42. The molecule has 4 aliphatic heterocycles. The number of amides is 1. The highest BCUT2D eigenvalue weighted by Crippen LogP contribution is 2.54. The Morgan fingerprint density at radius 1 is 1.36 bits per heavy atom. The van der Waals surface area contributed by atoms with Gasteiger partial charge in [0.15, 0.2) is 0 Å². The minimum absolute atomic E-state index is 0.00643. The van der Waals surface area contributed by atoms with Crippen LogP contribution in [0.1, 0.15) is 18.4 Å². The zero-order chi connectivity index (χ0) is 19.1. The van der Waals surface area contributed by atoms with E-state index >= 15 is 0 Å². The Labute approximate surface area is 166 Å². The maximum Gasteiger partial charge on any atom is 0.234 e. The number of carbonyl (C=O) groups is 1. The highest BCUT2D eigenvalue weighted by atomic mass is 16.5. The number of fused-ring (bicyclic) bond motifs is 1. The van der Waals surface area contributed by atoms with Crippen molar-refractivity contribution in [3.8, 4) is 0 Å². The van der Waals surface area contributed by atoms with Gasteiger partial charge in [0.05, 0.1) is 37.7 Å². The number of nitrogens with one attached hydrogen (secondary N) is 1. The van der Waals surface area contributed by atoms with E-state index in [1.807, 2.05) is 17.9 Å². The van der Waals surface area contributed by atoms with Crippen molar-refractivity contribution < 1.29 is 14.3 Å². The van der Waals surface area contributed by atoms with Crippen LogP contribution in [-0.2, 0) is 27.9 Å². The average molecular weight is 390 g/mol. The maximum atomic E-state index is 12.4. The fourth-order valence-corrected chi connectivity index (χ4v) is 5.74. The summed E-state index contributed by atoms with van der Waals surface area (Å²) in [4.78, 5) is 17.1. The maximum absolute atomic E-state index is 12.4. The molecule has 0 unspecified atom stereocenters. The molecular formula is C20H31N5O3. The fraction of sp³-hybridized carbons (Fsp3) is 0.800. The van der Waals surface area contributed by atoms with Gasteiger partial charge < -0.3 is 14.8 Å². The molecule has 0 aliphatic carbocycles. The molecule has 4 saturated heterocycles. The van der Waals surface area contributed by atoms with Crippen LogP contribution in [0.2, 0.25) is 0 Å². The van der Waals surface area contributed by atoms with E-state index in [0.29, 0.717) is 24.5 Å². The number of rotatable bonds is 6. The van der Waals surface area contributed by atoms with Crippen molar-refractivity contribution >= 4 is 5.91 Å². The Kier molecular flexibility index (Phi) is 4.90. The van der Waals surface area contributed by atoms with Crippen LogP contribution in [0.4, 0.5) is 0 Å². The standard InChI is InChI=1S/C20H31N5O3/c1-23-10-15(8-22-23)11-25-12-17-16(18-2-3-20(17,14-25)28-18)9-21-19(26)13-24-4-6-27-7-5-24/h8,10,16-18H,2-7,9,11-14H2,1H3,(H,21,26)/t16-,17+,18+,20+/m0/s1. The lowest BCUT2D eigenvalue weighted by Crippen LogP contribution is -2.46. The molecule has 154 valence electrons. The highest BCUT2D eigenvalue weighted by molar-refractivity contribution is 5.78. The van der Waals surface area contributed by atoms with E-state index in [1.54, 1.807) is 0 Å². The Bertz CT molecular complexity index is 718. The summed E-state index contributed by atoms with van der Waals surface area (Å²) in [6.07, 6.45) is 6.64. The first kappa shape index (κ1) is 18.5. The van der Waals surface area contributed by atoms with Crippen LogP contribution in [0, 0.1) is 11.8 Å². The van der Waals surface area contributed by atoms with E-state index in [-0.39, 0.29) is 11.5 Å². The number of aryl methyl sites for hydroxylation is 1. The van der Waals surface area contributed by atoms with Crippen molar-refractivity contribution in [3.05, 3.63) is 18.0 Å². The number of nitrogens with zero attached hydrogens (tertiary/aromatic N) is 4. The molecular weight excluding hydrogens is 358 g/mol. The van der Waals surface area contributed by atoms with Crippen LogP contribution < -0.4 is 5.32 Å². The van der Waals surface area contributed by atoms with Gasteiger partial charge in [0.25, 0.3) is 0 Å². The second kappa shape index (κ2) is 7.40. The van der Waals surface area contributed by atoms with Crippen LogP contribution >= 0.6 is 0 Å². The smallest absolute Gasteiger partial charge is 0.234 e. The minimum Gasteiger partial charge on any atom is -0.379 e. The van der Waals surface area contributed by atoms with Gasteiger partial charge in [-0.05, 0) is 12.8 Å². The summed E-state index contributed by atoms with van der Waals surface area (Å²) in [6, 6.07) is 0. The highest BCUT2D eigenvalue weighted by Gasteiger charge is 2.62. The van der Waals surface area contributed by atoms with Crippen LogP contribution in [0.15, 0.2) is 12.4 Å². The Morgan fingerprint density at radius 2 is 2.21 bits per heavy atom. The zero-order valence-electron chi connectivity index (χ0n) is 16.7. The summed E-state index contributed by atoms with van der Waals surface area (Å²) in [7, 11) is 1.96. The Morgan fingerprint density at radius 3 is 3.00 bits per heavy atom. The summed E-state index contributed by atoms with van der Waals surface area (Å²) < 4.78 is 13.7. The van der Waals surface area contributed by atoms with E-state index < -0.39 is 0 Å². The monoisotopic (exact) mass is 389 g/mol. The van der Waals surface area contributed by atoms with Crippen LogP contribution in [0.5, 0.6) is 0 Å². The predicted octanol–water partition coefficient (Wildman–Crippen LogP) is -0.152. The summed E-state index contributed by atoms with van der Waals surface area (Å²) in [6.45, 7) is 7.33. The fourth-order valence-electron chi connectivity index (χ4n) is 5.74. The molecule has 1 N–H and O–H groups in total. The van der Waals surface area contributed by atoms with Crippen LogP contribution in [0.25, 0.3) is 0 Å². The molecule has 0 radical (unpaired) electrons. The zero-order valence-corrected chi connectivity index (χ0v) is 16.7. The molecule has 4 fully saturated rings. The van der Waals surface area contributed by atoms with Crippen LogP contribution in [0.3, 0.4) is 0 Å². The van der Waals surface area contributed by atoms with Crippen molar-refractivity contribution in [1.29, 1.82) is 0 Å². The molecule has 28 heavy (non-hydrogen) atoms. The molecule has 0 saturated carbocycles. The second-order valence-electron chi connectivity index (χ2n) is 8.91. The van der Waals surface area contributed by atoms with Gasteiger partial charge in [-0.15, -0.1) is 0 Å². The first-order valence-electron chi connectivity index (χ1n) is 10.6. The SMILES string of the molecule is Cn1cc(CN2C[C@@H]3[C@H](CNC(=O)CN4CCOCC4)[C@H]4CC[C@]3(C2)O4)cn1. The molecule has 1 amide bonds. The molecule has 2 bridgehead atoms. The van der Waals surface area contributed by atoms with Crippen LogP contribution in [-0.4, -0.2) is 89.7 Å². The van der Waals surface area contributed by atoms with Gasteiger partial charge in [0.2, 0.25) is 5.91 Å². The molecule has 8 nitrogen and oxygen atoms in total. The van der Waals surface area contributed by atoms with Gasteiger partial charge in [-0.1, -0.05) is 0 Å². The van der Waals surface area contributed by atoms with E-state index in [0.717, 1.165) is 65.3 Å². The van der Waals surface area contributed by atoms with Gasteiger partial charge in [-0.2, -0.15) is 5.10 Å². The normalized spacial score (nSPS) is 35.4. The first-order chi connectivity index (χ1) is 13.6. The lowest BCUT2D eigenvalue weighted by molar-refractivity contribution is -0.123. The molecule has 5 heterocycles. The summed E-state index contributed by atoms with van der Waals surface area (Å²) in [5.41, 5.74) is 1.26. The third kappa shape index (κ3) is 3.47. The topological polar surface area (TPSA) is 71.9 Å². The Hall–Kier alpha value is -1.48. The molecule has 1 aromatic heterocycles. The summed E-state index contributed by atoms with van der Waals surface area (Å²) in [5.74, 6) is 1.08. The van der Waals surface area contributed by atoms with Gasteiger partial charge >= 0.3 is 0 Å². The molecule has 4 aliphatic rings. The number of ether oxygens (including phenoxy) is 2. The molecule has 1 spiro atoms. The van der Waals surface area contributed by atoms with E-state index in [9.17, 15) is 4.79 Å². The molecule has 0 aromatic carbocycles. The predicted molar refractivity (Wildman–Crippen MR) is 103 cm³/mol. The third-order valence-corrected chi connectivity index (χ3v) is 7.02. The number of likely N-dealkylation sites (tertiary alicyclic amines) is 1. The van der Waals surface area contributed by atoms with Crippen molar-refractivity contribution in [3.63, 3.8) is 0 Å². The van der Waals surface area contributed by atoms with E-state index in [1.165, 1.54) is 5.56 Å². The quantitative estimate of drug-likeness (QED) is 0.730. The third-order valence-electron chi connectivity index (χ3n) is 7.02. The number of hydrogen-bond acceptors (Lipinski definition) is 6. The molecule has 4 atom stereocenters. The minimum atomic E-state index is 0.00643. The largest absolute Gasteiger partial charge is 0.379 e. The Balaban J connectivity index is 1.16. The molecule has 5 rings (SSSR count). The van der Waals surface area contributed by atoms with E-state index in [2.05, 4.69) is 26.4 Å². The van der Waals surface area contributed by atoms with Crippen molar-refractivity contribution in [2.75, 3.05) is 52.5 Å². The molecule has 1 aromatic rings. The number of aromatic nitrogens is 2. The van der Waals surface area contributed by atoms with Gasteiger partial charge in [-0.3, -0.25) is 19.3 Å². The lowest BCUT2D eigenvalue weighted by Gasteiger charge is -2.30. The number of carbonyl (C=O) groups excluding carboxylic acids is 1. The summed E-state index contributed by atoms with van der Waals surface area (Å²) in [5, 5.41) is 7.49. The lowest BCUT2D eigenvalue weighted by atomic mass is 9.73. The van der Waals surface area contributed by atoms with Crippen molar-refractivity contribution in [2.45, 2.75) is 31.1 Å². The van der Waals surface area contributed by atoms with Crippen molar-refractivity contribution in [1.82, 2.24) is 24.9 Å². The van der Waals surface area contributed by atoms with Crippen molar-refractivity contribution in [2.24, 2.45) is 18.9 Å². The number of hydrogen-bond donors (Lipinski definition) is 1. The molecule has 8 heteroatoms.